The molecule has 1 aromatic carbocycles. The van der Waals surface area contributed by atoms with Crippen LogP contribution in [0.3, 0.4) is 0 Å². The van der Waals surface area contributed by atoms with Crippen LogP contribution in [-0.2, 0) is 11.2 Å². The molecule has 0 aromatic heterocycles. The normalized spacial score (nSPS) is 21.3. The predicted molar refractivity (Wildman–Crippen MR) is 92.8 cm³/mol. The fraction of sp³-hybridized carbons (Fsp3) is 0.588. The van der Waals surface area contributed by atoms with Crippen LogP contribution < -0.4 is 10.2 Å². The van der Waals surface area contributed by atoms with Crippen molar-refractivity contribution < 1.29 is 4.79 Å². The van der Waals surface area contributed by atoms with E-state index in [1.807, 2.05) is 18.0 Å². The van der Waals surface area contributed by atoms with Crippen LogP contribution in [0.15, 0.2) is 24.3 Å². The highest BCUT2D eigenvalue weighted by molar-refractivity contribution is 5.95. The van der Waals surface area contributed by atoms with Crippen molar-refractivity contribution in [3.63, 3.8) is 0 Å². The highest BCUT2D eigenvalue weighted by atomic mass is 35.5. The van der Waals surface area contributed by atoms with Gasteiger partial charge in [-0.3, -0.25) is 9.69 Å². The smallest absolute Gasteiger partial charge is 0.241 e. The molecule has 1 N–H and O–H groups in total. The van der Waals surface area contributed by atoms with E-state index in [4.69, 9.17) is 0 Å². The van der Waals surface area contributed by atoms with Crippen LogP contribution in [0.4, 0.5) is 5.69 Å². The average molecular weight is 324 g/mol. The number of fused-ring (bicyclic) bond motifs is 1. The van der Waals surface area contributed by atoms with E-state index in [0.29, 0.717) is 12.5 Å². The molecule has 0 radical (unpaired) electrons. The number of hydrogen-bond donors (Lipinski definition) is 1. The number of amides is 1. The zero-order valence-corrected chi connectivity index (χ0v) is 14.1. The minimum absolute atomic E-state index is 0. The molecule has 122 valence electrons. The van der Waals surface area contributed by atoms with E-state index in [1.165, 1.54) is 12.0 Å². The summed E-state index contributed by atoms with van der Waals surface area (Å²) in [5, 5.41) is 3.24. The van der Waals surface area contributed by atoms with Crippen molar-refractivity contribution in [2.45, 2.75) is 19.3 Å². The number of hydrogen-bond acceptors (Lipinski definition) is 3. The lowest BCUT2D eigenvalue weighted by Gasteiger charge is -2.31. The van der Waals surface area contributed by atoms with Gasteiger partial charge in [0.1, 0.15) is 0 Å². The van der Waals surface area contributed by atoms with Crippen LogP contribution in [0.2, 0.25) is 0 Å². The summed E-state index contributed by atoms with van der Waals surface area (Å²) in [6, 6.07) is 8.33. The maximum Gasteiger partial charge on any atom is 0.241 e. The van der Waals surface area contributed by atoms with Gasteiger partial charge in [-0.05, 0) is 56.9 Å². The largest absolute Gasteiger partial charge is 0.319 e. The zero-order chi connectivity index (χ0) is 14.7. The Bertz CT molecular complexity index is 508. The number of carbonyl (C=O) groups excluding carboxylic acids is 1. The number of benzene rings is 1. The first-order chi connectivity index (χ1) is 10.3. The van der Waals surface area contributed by atoms with E-state index in [1.54, 1.807) is 0 Å². The van der Waals surface area contributed by atoms with E-state index >= 15 is 0 Å². The molecule has 0 bridgehead atoms. The van der Waals surface area contributed by atoms with Gasteiger partial charge in [-0.2, -0.15) is 0 Å². The monoisotopic (exact) mass is 323 g/mol. The Hall–Kier alpha value is -1.10. The lowest BCUT2D eigenvalue weighted by Crippen LogP contribution is -2.42. The van der Waals surface area contributed by atoms with Crippen molar-refractivity contribution in [1.29, 1.82) is 0 Å². The molecule has 2 aliphatic heterocycles. The molecule has 2 heterocycles. The number of nitrogens with zero attached hydrogens (tertiary/aromatic N) is 2. The summed E-state index contributed by atoms with van der Waals surface area (Å²) >= 11 is 0. The number of halogens is 1. The van der Waals surface area contributed by atoms with E-state index in [9.17, 15) is 4.79 Å². The summed E-state index contributed by atoms with van der Waals surface area (Å²) in [5.74, 6) is 0.948. The standard InChI is InChI=1S/C17H25N3O.ClH/c1-18-11-14-8-10-19(12-14)13-17(21)20-9-4-6-15-5-2-3-7-16(15)20;/h2-3,5,7,14,18H,4,6,8-13H2,1H3;1H. The molecule has 2 aliphatic rings. The molecule has 0 saturated carbocycles. The van der Waals surface area contributed by atoms with Crippen LogP contribution in [0.1, 0.15) is 18.4 Å². The maximum atomic E-state index is 12.6. The third-order valence-electron chi connectivity index (χ3n) is 4.63. The van der Waals surface area contributed by atoms with Gasteiger partial charge in [0.05, 0.1) is 6.54 Å². The highest BCUT2D eigenvalue weighted by Crippen LogP contribution is 2.27. The van der Waals surface area contributed by atoms with Crippen LogP contribution in [0.5, 0.6) is 0 Å². The van der Waals surface area contributed by atoms with Gasteiger partial charge in [-0.25, -0.2) is 0 Å². The van der Waals surface area contributed by atoms with Crippen molar-refractivity contribution in [3.8, 4) is 0 Å². The topological polar surface area (TPSA) is 35.6 Å². The summed E-state index contributed by atoms with van der Waals surface area (Å²) < 4.78 is 0. The molecule has 0 spiro atoms. The fourth-order valence-electron chi connectivity index (χ4n) is 3.58. The summed E-state index contributed by atoms with van der Waals surface area (Å²) in [7, 11) is 2.00. The van der Waals surface area contributed by atoms with Crippen LogP contribution in [0, 0.1) is 5.92 Å². The second-order valence-corrected chi connectivity index (χ2v) is 6.23. The van der Waals surface area contributed by atoms with Gasteiger partial charge in [0, 0.05) is 18.8 Å². The number of likely N-dealkylation sites (tertiary alicyclic amines) is 1. The number of nitrogens with one attached hydrogen (secondary N) is 1. The highest BCUT2D eigenvalue weighted by Gasteiger charge is 2.27. The first-order valence-corrected chi connectivity index (χ1v) is 8.03. The Morgan fingerprint density at radius 3 is 2.95 bits per heavy atom. The first kappa shape index (κ1) is 17.3. The minimum atomic E-state index is 0. The quantitative estimate of drug-likeness (QED) is 0.919. The van der Waals surface area contributed by atoms with E-state index < -0.39 is 0 Å². The molecule has 1 saturated heterocycles. The number of carbonyl (C=O) groups is 1. The van der Waals surface area contributed by atoms with Gasteiger partial charge >= 0.3 is 0 Å². The molecule has 1 fully saturated rings. The summed E-state index contributed by atoms with van der Waals surface area (Å²) in [6.45, 7) is 4.57. The van der Waals surface area contributed by atoms with Gasteiger partial charge in [0.2, 0.25) is 5.91 Å². The Morgan fingerprint density at radius 1 is 1.32 bits per heavy atom. The lowest BCUT2D eigenvalue weighted by atomic mass is 10.0. The molecule has 3 rings (SSSR count). The second kappa shape index (κ2) is 7.95. The molecule has 22 heavy (non-hydrogen) atoms. The molecule has 1 amide bonds. The van der Waals surface area contributed by atoms with Gasteiger partial charge < -0.3 is 10.2 Å². The number of anilines is 1. The van der Waals surface area contributed by atoms with Gasteiger partial charge in [-0.1, -0.05) is 18.2 Å². The van der Waals surface area contributed by atoms with Crippen molar-refractivity contribution in [1.82, 2.24) is 10.2 Å². The van der Waals surface area contributed by atoms with Crippen molar-refractivity contribution in [2.24, 2.45) is 5.92 Å². The lowest BCUT2D eigenvalue weighted by molar-refractivity contribution is -0.119. The maximum absolute atomic E-state index is 12.6. The van der Waals surface area contributed by atoms with Crippen molar-refractivity contribution in [3.05, 3.63) is 29.8 Å². The summed E-state index contributed by atoms with van der Waals surface area (Å²) in [6.07, 6.45) is 3.36. The van der Waals surface area contributed by atoms with Crippen LogP contribution >= 0.6 is 12.4 Å². The Labute approximate surface area is 139 Å². The molecule has 4 nitrogen and oxygen atoms in total. The number of aryl methyl sites for hydroxylation is 1. The van der Waals surface area contributed by atoms with Gasteiger partial charge in [-0.15, -0.1) is 12.4 Å². The van der Waals surface area contributed by atoms with Crippen molar-refractivity contribution >= 4 is 24.0 Å². The van der Waals surface area contributed by atoms with Crippen molar-refractivity contribution in [2.75, 3.05) is 44.7 Å². The molecule has 1 aromatic rings. The fourth-order valence-corrected chi connectivity index (χ4v) is 3.58. The van der Waals surface area contributed by atoms with E-state index in [-0.39, 0.29) is 18.3 Å². The predicted octanol–water partition coefficient (Wildman–Crippen LogP) is 1.93. The molecule has 5 heteroatoms. The molecular weight excluding hydrogens is 298 g/mol. The first-order valence-electron chi connectivity index (χ1n) is 8.03. The SMILES string of the molecule is CNCC1CCN(CC(=O)N2CCCc3ccccc32)C1.Cl. The number of rotatable bonds is 4. The van der Waals surface area contributed by atoms with Crippen LogP contribution in [-0.4, -0.2) is 50.6 Å². The van der Waals surface area contributed by atoms with Crippen LogP contribution in [0.25, 0.3) is 0 Å². The Kier molecular flexibility index (Phi) is 6.24. The Morgan fingerprint density at radius 2 is 2.14 bits per heavy atom. The molecule has 1 unspecified atom stereocenters. The Balaban J connectivity index is 0.00000176. The van der Waals surface area contributed by atoms with Gasteiger partial charge in [0.25, 0.3) is 0 Å². The number of para-hydroxylation sites is 1. The minimum Gasteiger partial charge on any atom is -0.319 e. The molecule has 1 atom stereocenters. The average Bonchev–Trinajstić information content (AvgIpc) is 2.94. The molecule has 0 aliphatic carbocycles. The van der Waals surface area contributed by atoms with E-state index in [0.717, 1.165) is 44.7 Å². The summed E-state index contributed by atoms with van der Waals surface area (Å²) in [4.78, 5) is 16.9. The second-order valence-electron chi connectivity index (χ2n) is 6.23. The zero-order valence-electron chi connectivity index (χ0n) is 13.3. The van der Waals surface area contributed by atoms with Gasteiger partial charge in [0.15, 0.2) is 0 Å². The molecular formula is C17H26ClN3O. The third kappa shape index (κ3) is 3.80. The summed E-state index contributed by atoms with van der Waals surface area (Å²) in [5.41, 5.74) is 2.44. The van der Waals surface area contributed by atoms with E-state index in [2.05, 4.69) is 28.4 Å². The third-order valence-corrected chi connectivity index (χ3v) is 4.63.